The fourth-order valence-corrected chi connectivity index (χ4v) is 3.53. The SMILES string of the molecule is CCC(CC)NCCC(C(=O)NC)(c1ccccc1)c1ccccc1. The summed E-state index contributed by atoms with van der Waals surface area (Å²) in [5.41, 5.74) is 1.38. The van der Waals surface area contributed by atoms with E-state index in [2.05, 4.69) is 48.7 Å². The number of benzene rings is 2. The number of hydrogen-bond acceptors (Lipinski definition) is 2. The molecule has 0 saturated carbocycles. The molecule has 0 atom stereocenters. The third-order valence-electron chi connectivity index (χ3n) is 5.07. The first-order valence-corrected chi connectivity index (χ1v) is 9.25. The van der Waals surface area contributed by atoms with E-state index in [1.54, 1.807) is 7.05 Å². The maximum absolute atomic E-state index is 13.1. The predicted octanol–water partition coefficient (Wildman–Crippen LogP) is 3.89. The zero-order valence-electron chi connectivity index (χ0n) is 15.6. The molecule has 0 spiro atoms. The number of carbonyl (C=O) groups excluding carboxylic acids is 1. The van der Waals surface area contributed by atoms with Gasteiger partial charge in [0.2, 0.25) is 5.91 Å². The van der Waals surface area contributed by atoms with Crippen LogP contribution in [-0.2, 0) is 10.2 Å². The lowest BCUT2D eigenvalue weighted by Crippen LogP contribution is -2.46. The van der Waals surface area contributed by atoms with Crippen molar-refractivity contribution in [2.45, 2.75) is 44.6 Å². The first-order valence-electron chi connectivity index (χ1n) is 9.25. The van der Waals surface area contributed by atoms with Gasteiger partial charge in [0.05, 0.1) is 0 Å². The molecule has 0 aromatic heterocycles. The van der Waals surface area contributed by atoms with Crippen molar-refractivity contribution in [2.24, 2.45) is 0 Å². The van der Waals surface area contributed by atoms with Crippen molar-refractivity contribution in [2.75, 3.05) is 13.6 Å². The van der Waals surface area contributed by atoms with Crippen LogP contribution < -0.4 is 10.6 Å². The van der Waals surface area contributed by atoms with Crippen LogP contribution in [0.15, 0.2) is 60.7 Å². The van der Waals surface area contributed by atoms with Gasteiger partial charge in [-0.25, -0.2) is 0 Å². The summed E-state index contributed by atoms with van der Waals surface area (Å²) in [6.45, 7) is 5.19. The van der Waals surface area contributed by atoms with Gasteiger partial charge in [-0.3, -0.25) is 4.79 Å². The smallest absolute Gasteiger partial charge is 0.234 e. The summed E-state index contributed by atoms with van der Waals surface area (Å²) in [6, 6.07) is 20.7. The Morgan fingerprint density at radius 2 is 1.40 bits per heavy atom. The number of likely N-dealkylation sites (N-methyl/N-ethyl adjacent to an activating group) is 1. The van der Waals surface area contributed by atoms with E-state index >= 15 is 0 Å². The number of amides is 1. The Morgan fingerprint density at radius 3 is 1.80 bits per heavy atom. The van der Waals surface area contributed by atoms with Gasteiger partial charge < -0.3 is 10.6 Å². The van der Waals surface area contributed by atoms with E-state index in [1.807, 2.05) is 36.4 Å². The minimum absolute atomic E-state index is 0.0382. The largest absolute Gasteiger partial charge is 0.358 e. The zero-order chi connectivity index (χ0) is 18.1. The second-order valence-electron chi connectivity index (χ2n) is 6.43. The lowest BCUT2D eigenvalue weighted by Gasteiger charge is -2.34. The molecule has 2 rings (SSSR count). The van der Waals surface area contributed by atoms with Crippen molar-refractivity contribution in [3.8, 4) is 0 Å². The molecule has 0 aliphatic carbocycles. The molecule has 3 nitrogen and oxygen atoms in total. The van der Waals surface area contributed by atoms with Crippen molar-refractivity contribution >= 4 is 5.91 Å². The van der Waals surface area contributed by atoms with Crippen molar-refractivity contribution < 1.29 is 4.79 Å². The van der Waals surface area contributed by atoms with E-state index in [4.69, 9.17) is 0 Å². The molecule has 0 unspecified atom stereocenters. The molecule has 1 amide bonds. The predicted molar refractivity (Wildman–Crippen MR) is 105 cm³/mol. The molecule has 2 N–H and O–H groups in total. The van der Waals surface area contributed by atoms with E-state index in [0.29, 0.717) is 6.04 Å². The van der Waals surface area contributed by atoms with Crippen molar-refractivity contribution in [3.63, 3.8) is 0 Å². The van der Waals surface area contributed by atoms with Gasteiger partial charge in [0.15, 0.2) is 0 Å². The first kappa shape index (κ1) is 19.2. The maximum Gasteiger partial charge on any atom is 0.234 e. The third-order valence-corrected chi connectivity index (χ3v) is 5.07. The Kier molecular flexibility index (Phi) is 7.20. The minimum atomic E-state index is -0.684. The first-order chi connectivity index (χ1) is 12.2. The van der Waals surface area contributed by atoms with Crippen LogP contribution in [0.5, 0.6) is 0 Å². The van der Waals surface area contributed by atoms with Crippen LogP contribution in [0.25, 0.3) is 0 Å². The van der Waals surface area contributed by atoms with Gasteiger partial charge in [-0.2, -0.15) is 0 Å². The summed E-state index contributed by atoms with van der Waals surface area (Å²) >= 11 is 0. The molecule has 2 aromatic carbocycles. The van der Waals surface area contributed by atoms with Gasteiger partial charge in [-0.1, -0.05) is 74.5 Å². The van der Waals surface area contributed by atoms with Crippen LogP contribution in [0.4, 0.5) is 0 Å². The van der Waals surface area contributed by atoms with Crippen molar-refractivity contribution in [1.82, 2.24) is 10.6 Å². The highest BCUT2D eigenvalue weighted by molar-refractivity contribution is 5.92. The Morgan fingerprint density at radius 1 is 0.920 bits per heavy atom. The average Bonchev–Trinajstić information content (AvgIpc) is 2.69. The van der Waals surface area contributed by atoms with Gasteiger partial charge in [-0.15, -0.1) is 0 Å². The van der Waals surface area contributed by atoms with E-state index in [0.717, 1.165) is 36.9 Å². The zero-order valence-corrected chi connectivity index (χ0v) is 15.6. The van der Waals surface area contributed by atoms with Gasteiger partial charge in [0, 0.05) is 13.1 Å². The molecule has 0 saturated heterocycles. The molecule has 134 valence electrons. The lowest BCUT2D eigenvalue weighted by atomic mass is 9.71. The molecule has 3 heteroatoms. The average molecular weight is 338 g/mol. The van der Waals surface area contributed by atoms with Crippen LogP contribution >= 0.6 is 0 Å². The molecule has 0 radical (unpaired) electrons. The van der Waals surface area contributed by atoms with Crippen LogP contribution in [0, 0.1) is 0 Å². The quantitative estimate of drug-likeness (QED) is 0.728. The van der Waals surface area contributed by atoms with E-state index in [-0.39, 0.29) is 5.91 Å². The maximum atomic E-state index is 13.1. The standard InChI is InChI=1S/C22H30N2O/c1-4-20(5-2)24-17-16-22(21(25)23-3,18-12-8-6-9-13-18)19-14-10-7-11-15-19/h6-15,20,24H,4-5,16-17H2,1-3H3,(H,23,25). The number of carbonyl (C=O) groups is 1. The Hall–Kier alpha value is -2.13. The molecule has 0 bridgehead atoms. The molecular formula is C22H30N2O. The van der Waals surface area contributed by atoms with E-state index < -0.39 is 5.41 Å². The second kappa shape index (κ2) is 9.38. The van der Waals surface area contributed by atoms with Crippen molar-refractivity contribution in [1.29, 1.82) is 0 Å². The molecule has 0 heterocycles. The molecule has 0 aliphatic heterocycles. The normalized spacial score (nSPS) is 11.5. The van der Waals surface area contributed by atoms with E-state index in [1.165, 1.54) is 0 Å². The van der Waals surface area contributed by atoms with Crippen LogP contribution in [0.2, 0.25) is 0 Å². The minimum Gasteiger partial charge on any atom is -0.358 e. The molecule has 0 aliphatic rings. The number of hydrogen-bond donors (Lipinski definition) is 2. The lowest BCUT2D eigenvalue weighted by molar-refractivity contribution is -0.125. The third kappa shape index (κ3) is 4.29. The molecular weight excluding hydrogens is 308 g/mol. The van der Waals surface area contributed by atoms with Crippen LogP contribution in [0.1, 0.15) is 44.2 Å². The summed E-state index contributed by atoms with van der Waals surface area (Å²) in [5, 5.41) is 6.52. The molecule has 25 heavy (non-hydrogen) atoms. The Labute approximate surface area is 151 Å². The van der Waals surface area contributed by atoms with Gasteiger partial charge in [-0.05, 0) is 36.9 Å². The summed E-state index contributed by atoms with van der Waals surface area (Å²) in [6.07, 6.45) is 2.91. The highest BCUT2D eigenvalue weighted by Gasteiger charge is 2.40. The topological polar surface area (TPSA) is 41.1 Å². The van der Waals surface area contributed by atoms with Gasteiger partial charge in [0.25, 0.3) is 0 Å². The summed E-state index contributed by atoms with van der Waals surface area (Å²) in [7, 11) is 1.72. The number of rotatable bonds is 9. The van der Waals surface area contributed by atoms with Gasteiger partial charge in [0.1, 0.15) is 5.41 Å². The fourth-order valence-electron chi connectivity index (χ4n) is 3.53. The fraction of sp³-hybridized carbons (Fsp3) is 0.409. The second-order valence-corrected chi connectivity index (χ2v) is 6.43. The van der Waals surface area contributed by atoms with Crippen LogP contribution in [0.3, 0.4) is 0 Å². The van der Waals surface area contributed by atoms with Crippen molar-refractivity contribution in [3.05, 3.63) is 71.8 Å². The summed E-state index contributed by atoms with van der Waals surface area (Å²) < 4.78 is 0. The highest BCUT2D eigenvalue weighted by atomic mass is 16.2. The molecule has 2 aromatic rings. The summed E-state index contributed by atoms with van der Waals surface area (Å²) in [4.78, 5) is 13.1. The molecule has 0 fully saturated rings. The van der Waals surface area contributed by atoms with Gasteiger partial charge >= 0.3 is 0 Å². The monoisotopic (exact) mass is 338 g/mol. The number of nitrogens with one attached hydrogen (secondary N) is 2. The summed E-state index contributed by atoms with van der Waals surface area (Å²) in [5.74, 6) is 0.0382. The Bertz CT molecular complexity index is 596. The van der Waals surface area contributed by atoms with Crippen LogP contribution in [-0.4, -0.2) is 25.5 Å². The Balaban J connectivity index is 2.43. The highest BCUT2D eigenvalue weighted by Crippen LogP contribution is 2.36. The van der Waals surface area contributed by atoms with E-state index in [9.17, 15) is 4.79 Å².